The second kappa shape index (κ2) is 6.15. The molecule has 1 aromatic carbocycles. The van der Waals surface area contributed by atoms with Crippen LogP contribution in [0, 0.1) is 6.92 Å². The van der Waals surface area contributed by atoms with E-state index in [-0.39, 0.29) is 4.90 Å². The van der Waals surface area contributed by atoms with Gasteiger partial charge >= 0.3 is 0 Å². The molecular weight excluding hydrogens is 350 g/mol. The molecule has 3 aromatic heterocycles. The van der Waals surface area contributed by atoms with Crippen molar-refractivity contribution in [1.82, 2.24) is 24.3 Å². The van der Waals surface area contributed by atoms with Gasteiger partial charge in [-0.15, -0.1) is 10.2 Å². The minimum atomic E-state index is -3.79. The first kappa shape index (κ1) is 16.6. The number of nitrogens with zero attached hydrogens (tertiary/aromatic N) is 4. The Balaban J connectivity index is 1.74. The molecule has 8 heteroatoms. The molecule has 0 aliphatic rings. The molecule has 0 saturated heterocycles. The van der Waals surface area contributed by atoms with Gasteiger partial charge in [0.1, 0.15) is 4.90 Å². The monoisotopic (exact) mass is 367 g/mol. The van der Waals surface area contributed by atoms with Crippen LogP contribution < -0.4 is 4.72 Å². The Hall–Kier alpha value is -2.84. The zero-order chi connectivity index (χ0) is 18.3. The Labute approximate surface area is 150 Å². The number of aryl methyl sites for hydroxylation is 1. The van der Waals surface area contributed by atoms with Crippen molar-refractivity contribution in [3.8, 4) is 0 Å². The second-order valence-electron chi connectivity index (χ2n) is 6.17. The lowest BCUT2D eigenvalue weighted by atomic mass is 10.2. The number of hydrogen-bond donors (Lipinski definition) is 1. The van der Waals surface area contributed by atoms with Crippen molar-refractivity contribution in [3.63, 3.8) is 0 Å². The highest BCUT2D eigenvalue weighted by atomic mass is 32.2. The lowest BCUT2D eigenvalue weighted by molar-refractivity contribution is 0.559. The fourth-order valence-electron chi connectivity index (χ4n) is 2.96. The molecule has 1 atom stereocenters. The van der Waals surface area contributed by atoms with E-state index in [0.29, 0.717) is 17.0 Å². The number of sulfonamides is 1. The van der Waals surface area contributed by atoms with Gasteiger partial charge in [0.25, 0.3) is 0 Å². The number of fused-ring (bicyclic) bond motifs is 2. The highest BCUT2D eigenvalue weighted by molar-refractivity contribution is 7.89. The lowest BCUT2D eigenvalue weighted by Crippen LogP contribution is -2.28. The van der Waals surface area contributed by atoms with Crippen molar-refractivity contribution < 1.29 is 8.42 Å². The molecule has 0 aliphatic carbocycles. The molecule has 0 amide bonds. The zero-order valence-electron chi connectivity index (χ0n) is 14.3. The summed E-state index contributed by atoms with van der Waals surface area (Å²) in [5, 5.41) is 8.97. The van der Waals surface area contributed by atoms with Crippen molar-refractivity contribution in [2.45, 2.75) is 24.8 Å². The summed E-state index contributed by atoms with van der Waals surface area (Å²) in [7, 11) is -3.79. The molecule has 4 rings (SSSR count). The van der Waals surface area contributed by atoms with E-state index in [2.05, 4.69) is 19.9 Å². The van der Waals surface area contributed by atoms with Crippen LogP contribution in [-0.4, -0.2) is 28.0 Å². The quantitative estimate of drug-likeness (QED) is 0.599. The SMILES string of the molecule is Cc1cnc2c(S(=O)(=O)N[C@H](C)c3nnc4ccccn34)cccc2c1. The number of nitrogens with one attached hydrogen (secondary N) is 1. The highest BCUT2D eigenvalue weighted by Crippen LogP contribution is 2.23. The Morgan fingerprint density at radius 3 is 2.81 bits per heavy atom. The Morgan fingerprint density at radius 2 is 1.96 bits per heavy atom. The smallest absolute Gasteiger partial charge is 0.243 e. The number of hydrogen-bond acceptors (Lipinski definition) is 5. The summed E-state index contributed by atoms with van der Waals surface area (Å²) in [6, 6.07) is 12.0. The third-order valence-electron chi connectivity index (χ3n) is 4.16. The molecule has 26 heavy (non-hydrogen) atoms. The summed E-state index contributed by atoms with van der Waals surface area (Å²) in [5.41, 5.74) is 2.09. The van der Waals surface area contributed by atoms with Crippen LogP contribution in [0.25, 0.3) is 16.6 Å². The number of aromatic nitrogens is 4. The molecule has 0 saturated carbocycles. The predicted molar refractivity (Wildman–Crippen MR) is 98.2 cm³/mol. The third-order valence-corrected chi connectivity index (χ3v) is 5.73. The summed E-state index contributed by atoms with van der Waals surface area (Å²) in [6.07, 6.45) is 3.47. The molecule has 7 nitrogen and oxygen atoms in total. The first-order valence-electron chi connectivity index (χ1n) is 8.13. The average Bonchev–Trinajstić information content (AvgIpc) is 3.05. The normalized spacial score (nSPS) is 13.3. The van der Waals surface area contributed by atoms with E-state index in [0.717, 1.165) is 10.9 Å². The van der Waals surface area contributed by atoms with Gasteiger partial charge in [-0.25, -0.2) is 13.1 Å². The van der Waals surface area contributed by atoms with Crippen LogP contribution in [0.5, 0.6) is 0 Å². The average molecular weight is 367 g/mol. The van der Waals surface area contributed by atoms with Gasteiger partial charge in [-0.1, -0.05) is 18.2 Å². The highest BCUT2D eigenvalue weighted by Gasteiger charge is 2.24. The summed E-state index contributed by atoms with van der Waals surface area (Å²) in [6.45, 7) is 3.66. The maximum Gasteiger partial charge on any atom is 0.243 e. The first-order chi connectivity index (χ1) is 12.5. The van der Waals surface area contributed by atoms with Crippen LogP contribution in [0.15, 0.2) is 59.8 Å². The van der Waals surface area contributed by atoms with Crippen LogP contribution in [0.4, 0.5) is 0 Å². The minimum Gasteiger partial charge on any atom is -0.285 e. The van der Waals surface area contributed by atoms with Crippen LogP contribution in [-0.2, 0) is 10.0 Å². The van der Waals surface area contributed by atoms with E-state index in [1.165, 1.54) is 0 Å². The summed E-state index contributed by atoms with van der Waals surface area (Å²) < 4.78 is 30.4. The number of benzene rings is 1. The topological polar surface area (TPSA) is 89.2 Å². The summed E-state index contributed by atoms with van der Waals surface area (Å²) in [5.74, 6) is 0.521. The van der Waals surface area contributed by atoms with Crippen LogP contribution >= 0.6 is 0 Å². The molecule has 0 radical (unpaired) electrons. The van der Waals surface area contributed by atoms with Crippen LogP contribution in [0.3, 0.4) is 0 Å². The lowest BCUT2D eigenvalue weighted by Gasteiger charge is -2.14. The molecule has 0 bridgehead atoms. The van der Waals surface area contributed by atoms with Gasteiger partial charge in [-0.3, -0.25) is 9.38 Å². The Bertz CT molecular complexity index is 1220. The van der Waals surface area contributed by atoms with Gasteiger partial charge in [-0.05, 0) is 43.7 Å². The molecule has 132 valence electrons. The van der Waals surface area contributed by atoms with Gasteiger partial charge in [0, 0.05) is 17.8 Å². The molecule has 4 aromatic rings. The predicted octanol–water partition coefficient (Wildman–Crippen LogP) is 2.63. The number of para-hydroxylation sites is 1. The van der Waals surface area contributed by atoms with Crippen LogP contribution in [0.1, 0.15) is 24.4 Å². The van der Waals surface area contributed by atoms with Crippen molar-refractivity contribution in [2.24, 2.45) is 0 Å². The van der Waals surface area contributed by atoms with E-state index in [1.807, 2.05) is 37.3 Å². The Kier molecular flexibility index (Phi) is 3.93. The van der Waals surface area contributed by atoms with Crippen molar-refractivity contribution in [2.75, 3.05) is 0 Å². The number of pyridine rings is 2. The molecule has 1 N–H and O–H groups in total. The van der Waals surface area contributed by atoms with Gasteiger partial charge in [0.2, 0.25) is 10.0 Å². The largest absolute Gasteiger partial charge is 0.285 e. The van der Waals surface area contributed by atoms with Crippen molar-refractivity contribution in [3.05, 3.63) is 66.2 Å². The molecular formula is C18H17N5O2S. The Morgan fingerprint density at radius 1 is 1.12 bits per heavy atom. The minimum absolute atomic E-state index is 0.149. The fraction of sp³-hybridized carbons (Fsp3) is 0.167. The molecule has 0 unspecified atom stereocenters. The maximum absolute atomic E-state index is 13.0. The third kappa shape index (κ3) is 2.83. The molecule has 0 aliphatic heterocycles. The maximum atomic E-state index is 13.0. The second-order valence-corrected chi connectivity index (χ2v) is 7.85. The van der Waals surface area contributed by atoms with E-state index < -0.39 is 16.1 Å². The summed E-state index contributed by atoms with van der Waals surface area (Å²) >= 11 is 0. The zero-order valence-corrected chi connectivity index (χ0v) is 15.1. The van der Waals surface area contributed by atoms with Gasteiger partial charge in [0.05, 0.1) is 11.6 Å². The van der Waals surface area contributed by atoms with E-state index in [9.17, 15) is 8.42 Å². The van der Waals surface area contributed by atoms with Gasteiger partial charge in [-0.2, -0.15) is 0 Å². The van der Waals surface area contributed by atoms with Crippen LogP contribution in [0.2, 0.25) is 0 Å². The fourth-order valence-corrected chi connectivity index (χ4v) is 4.34. The van der Waals surface area contributed by atoms with E-state index in [1.54, 1.807) is 35.9 Å². The van der Waals surface area contributed by atoms with E-state index in [4.69, 9.17) is 0 Å². The van der Waals surface area contributed by atoms with Crippen molar-refractivity contribution >= 4 is 26.6 Å². The standard InChI is InChI=1S/C18H17N5O2S/c1-12-10-14-6-5-7-15(17(14)19-11-12)26(24,25)22-13(2)18-21-20-16-8-3-4-9-23(16)18/h3-11,13,22H,1-2H3/t13-/m1/s1. The first-order valence-corrected chi connectivity index (χ1v) is 9.61. The number of rotatable bonds is 4. The molecule has 3 heterocycles. The van der Waals surface area contributed by atoms with Gasteiger partial charge < -0.3 is 0 Å². The molecule has 0 spiro atoms. The van der Waals surface area contributed by atoms with E-state index >= 15 is 0 Å². The van der Waals surface area contributed by atoms with Crippen molar-refractivity contribution in [1.29, 1.82) is 0 Å². The molecule has 0 fully saturated rings. The van der Waals surface area contributed by atoms with Gasteiger partial charge in [0.15, 0.2) is 11.5 Å². The summed E-state index contributed by atoms with van der Waals surface area (Å²) in [4.78, 5) is 4.46.